The van der Waals surface area contributed by atoms with Crippen LogP contribution in [-0.2, 0) is 33.3 Å². The third kappa shape index (κ3) is 47.2. The molecule has 2 unspecified atom stereocenters. The van der Waals surface area contributed by atoms with Crippen molar-refractivity contribution in [2.45, 2.75) is 238 Å². The van der Waals surface area contributed by atoms with Gasteiger partial charge in [-0.1, -0.05) is 210 Å². The summed E-state index contributed by atoms with van der Waals surface area (Å²) in [5, 5.41) is 9.68. The van der Waals surface area contributed by atoms with Crippen LogP contribution in [0.2, 0.25) is 0 Å². The van der Waals surface area contributed by atoms with Crippen LogP contribution in [-0.4, -0.2) is 87.4 Å². The molecule has 0 amide bonds. The number of aliphatic carboxylic acids is 1. The topological polar surface area (TPSA) is 108 Å². The largest absolute Gasteiger partial charge is 0.477 e. The number of quaternary nitrogens is 1. The Bertz CT molecular complexity index is 1190. The molecule has 2 atom stereocenters. The molecular weight excluding hydrogens is 803 g/mol. The zero-order chi connectivity index (χ0) is 47.0. The quantitative estimate of drug-likeness (QED) is 0.0211. The van der Waals surface area contributed by atoms with Gasteiger partial charge in [-0.05, 0) is 51.4 Å². The van der Waals surface area contributed by atoms with Crippen LogP contribution in [0.3, 0.4) is 0 Å². The number of hydrogen-bond acceptors (Lipinski definition) is 7. The fraction of sp³-hybridized carbons (Fsp3) is 0.800. The monoisotopic (exact) mass is 903 g/mol. The molecule has 64 heavy (non-hydrogen) atoms. The number of carbonyl (C=O) groups excluding carboxylic acids is 2. The Hall–Kier alpha value is -2.75. The zero-order valence-corrected chi connectivity index (χ0v) is 42.2. The zero-order valence-electron chi connectivity index (χ0n) is 42.2. The van der Waals surface area contributed by atoms with Crippen LogP contribution in [0.4, 0.5) is 0 Å². The number of carbonyl (C=O) groups is 3. The van der Waals surface area contributed by atoms with E-state index in [9.17, 15) is 19.5 Å². The van der Waals surface area contributed by atoms with Gasteiger partial charge in [-0.15, -0.1) is 0 Å². The first kappa shape index (κ1) is 61.2. The van der Waals surface area contributed by atoms with Crippen LogP contribution in [0.5, 0.6) is 0 Å². The Labute approximate surface area is 393 Å². The van der Waals surface area contributed by atoms with Crippen molar-refractivity contribution in [2.75, 3.05) is 47.5 Å². The van der Waals surface area contributed by atoms with Crippen LogP contribution in [0, 0.1) is 0 Å². The number of likely N-dealkylation sites (N-methyl/N-ethyl adjacent to an activating group) is 1. The molecule has 9 heteroatoms. The number of esters is 2. The molecule has 0 aromatic rings. The minimum atomic E-state index is -1.51. The molecule has 1 N–H and O–H groups in total. The first-order chi connectivity index (χ1) is 31.1. The van der Waals surface area contributed by atoms with Gasteiger partial charge in [0.05, 0.1) is 34.4 Å². The number of carboxylic acids is 1. The van der Waals surface area contributed by atoms with E-state index in [1.807, 2.05) is 21.1 Å². The van der Waals surface area contributed by atoms with Crippen molar-refractivity contribution in [1.82, 2.24) is 0 Å². The van der Waals surface area contributed by atoms with Gasteiger partial charge in [-0.2, -0.15) is 0 Å². The maximum absolute atomic E-state index is 12.8. The first-order valence-electron chi connectivity index (χ1n) is 26.3. The third-order valence-corrected chi connectivity index (χ3v) is 11.3. The average molecular weight is 903 g/mol. The Morgan fingerprint density at radius 3 is 1.33 bits per heavy atom. The van der Waals surface area contributed by atoms with Crippen LogP contribution >= 0.6 is 0 Å². The summed E-state index contributed by atoms with van der Waals surface area (Å²) < 4.78 is 22.8. The second-order valence-corrected chi connectivity index (χ2v) is 18.8. The summed E-state index contributed by atoms with van der Waals surface area (Å²) in [4.78, 5) is 37.3. The Morgan fingerprint density at radius 2 is 0.891 bits per heavy atom. The SMILES string of the molecule is CC/C=C\C/C=C\C/C=C\C/C=C\CCCCCCCCCCC(=O)OC(COC(=O)CCCCCCCCCCCCCCCCCCCC)COC(OCC[N+](C)(C)C)C(=O)O. The minimum Gasteiger partial charge on any atom is -0.477 e. The van der Waals surface area contributed by atoms with E-state index in [1.54, 1.807) is 0 Å². The highest BCUT2D eigenvalue weighted by Crippen LogP contribution is 2.16. The van der Waals surface area contributed by atoms with Crippen LogP contribution in [0.25, 0.3) is 0 Å². The summed E-state index contributed by atoms with van der Waals surface area (Å²) in [5.74, 6) is -2.01. The number of ether oxygens (including phenoxy) is 4. The van der Waals surface area contributed by atoms with Gasteiger partial charge in [0.15, 0.2) is 6.10 Å². The fourth-order valence-corrected chi connectivity index (χ4v) is 7.30. The molecule has 0 saturated heterocycles. The highest BCUT2D eigenvalue weighted by atomic mass is 16.7. The number of rotatable bonds is 48. The summed E-state index contributed by atoms with van der Waals surface area (Å²) in [5.41, 5.74) is 0. The van der Waals surface area contributed by atoms with Crippen molar-refractivity contribution in [3.63, 3.8) is 0 Å². The van der Waals surface area contributed by atoms with E-state index in [0.29, 0.717) is 23.9 Å². The number of carboxylic acid groups (broad SMARTS) is 1. The normalized spacial score (nSPS) is 13.2. The lowest BCUT2D eigenvalue weighted by molar-refractivity contribution is -0.870. The van der Waals surface area contributed by atoms with E-state index < -0.39 is 24.3 Å². The molecule has 0 aromatic heterocycles. The van der Waals surface area contributed by atoms with E-state index in [-0.39, 0.29) is 32.2 Å². The molecule has 9 nitrogen and oxygen atoms in total. The van der Waals surface area contributed by atoms with Gasteiger partial charge < -0.3 is 28.5 Å². The van der Waals surface area contributed by atoms with Gasteiger partial charge in [0.1, 0.15) is 13.2 Å². The van der Waals surface area contributed by atoms with Gasteiger partial charge in [0, 0.05) is 12.8 Å². The molecule has 0 spiro atoms. The Balaban J connectivity index is 4.33. The van der Waals surface area contributed by atoms with Crippen LogP contribution < -0.4 is 0 Å². The first-order valence-corrected chi connectivity index (χ1v) is 26.3. The Kier molecular flexibility index (Phi) is 44.8. The summed E-state index contributed by atoms with van der Waals surface area (Å²) in [6, 6.07) is 0. The molecule has 0 heterocycles. The Morgan fingerprint density at radius 1 is 0.484 bits per heavy atom. The van der Waals surface area contributed by atoms with Gasteiger partial charge in [-0.25, -0.2) is 4.79 Å². The number of nitrogens with zero attached hydrogens (tertiary/aromatic N) is 1. The van der Waals surface area contributed by atoms with Gasteiger partial charge in [0.25, 0.3) is 6.29 Å². The second kappa shape index (κ2) is 46.8. The molecule has 0 bridgehead atoms. The molecule has 0 rings (SSSR count). The van der Waals surface area contributed by atoms with Crippen LogP contribution in [0.1, 0.15) is 226 Å². The molecule has 0 aliphatic heterocycles. The summed E-state index contributed by atoms with van der Waals surface area (Å²) in [6.45, 7) is 4.78. The van der Waals surface area contributed by atoms with E-state index in [0.717, 1.165) is 70.6 Å². The lowest BCUT2D eigenvalue weighted by Gasteiger charge is -2.25. The highest BCUT2D eigenvalue weighted by molar-refractivity contribution is 5.71. The second-order valence-electron chi connectivity index (χ2n) is 18.8. The minimum absolute atomic E-state index is 0.183. The highest BCUT2D eigenvalue weighted by Gasteiger charge is 2.25. The molecular formula is C55H100NO8+. The lowest BCUT2D eigenvalue weighted by Crippen LogP contribution is -2.40. The van der Waals surface area contributed by atoms with Crippen molar-refractivity contribution >= 4 is 17.9 Å². The maximum atomic E-state index is 12.8. The molecule has 0 saturated carbocycles. The fourth-order valence-electron chi connectivity index (χ4n) is 7.30. The molecule has 0 aromatic carbocycles. The van der Waals surface area contributed by atoms with Crippen molar-refractivity contribution in [3.05, 3.63) is 48.6 Å². The average Bonchev–Trinajstić information content (AvgIpc) is 3.26. The number of unbranched alkanes of at least 4 members (excludes halogenated alkanes) is 25. The molecule has 0 aliphatic rings. The smallest absolute Gasteiger partial charge is 0.361 e. The number of hydrogen-bond donors (Lipinski definition) is 1. The third-order valence-electron chi connectivity index (χ3n) is 11.3. The van der Waals surface area contributed by atoms with Crippen molar-refractivity contribution in [3.8, 4) is 0 Å². The van der Waals surface area contributed by atoms with Gasteiger partial charge in [-0.3, -0.25) is 9.59 Å². The van der Waals surface area contributed by atoms with Gasteiger partial charge in [0.2, 0.25) is 0 Å². The van der Waals surface area contributed by atoms with Gasteiger partial charge >= 0.3 is 17.9 Å². The predicted molar refractivity (Wildman–Crippen MR) is 267 cm³/mol. The molecule has 0 fully saturated rings. The summed E-state index contributed by atoms with van der Waals surface area (Å²) in [6.07, 6.45) is 53.1. The molecule has 372 valence electrons. The van der Waals surface area contributed by atoms with E-state index in [1.165, 1.54) is 122 Å². The summed E-state index contributed by atoms with van der Waals surface area (Å²) >= 11 is 0. The maximum Gasteiger partial charge on any atom is 0.361 e. The van der Waals surface area contributed by atoms with E-state index in [4.69, 9.17) is 18.9 Å². The van der Waals surface area contributed by atoms with E-state index >= 15 is 0 Å². The van der Waals surface area contributed by atoms with Crippen molar-refractivity contribution in [2.24, 2.45) is 0 Å². The van der Waals surface area contributed by atoms with Crippen molar-refractivity contribution in [1.29, 1.82) is 0 Å². The standard InChI is InChI=1S/C55H99NO8/c1-6-8-10-12-14-16-18-20-22-24-26-27-28-30-32-34-36-38-40-42-44-46-53(58)64-51(50-63-55(54(59)60)61-48-47-56(3,4)5)49-62-52(57)45-43-41-39-37-35-33-31-29-25-23-21-19-17-15-13-11-9-7-2/h8,10,14,16,20,22,26-27,51,55H,6-7,9,11-13,15,17-19,21,23-25,28-50H2,1-5H3/p+1/b10-8-,16-14-,22-20-,27-26-. The predicted octanol–water partition coefficient (Wildman–Crippen LogP) is 14.7. The van der Waals surface area contributed by atoms with Crippen LogP contribution in [0.15, 0.2) is 48.6 Å². The lowest BCUT2D eigenvalue weighted by atomic mass is 10.0. The number of allylic oxidation sites excluding steroid dienone is 8. The van der Waals surface area contributed by atoms with E-state index in [2.05, 4.69) is 62.5 Å². The summed E-state index contributed by atoms with van der Waals surface area (Å²) in [7, 11) is 5.96. The molecule has 0 aliphatic carbocycles. The van der Waals surface area contributed by atoms with Crippen molar-refractivity contribution < 1.29 is 42.9 Å². The molecule has 0 radical (unpaired) electrons.